The van der Waals surface area contributed by atoms with Gasteiger partial charge in [0.05, 0.1) is 6.61 Å². The van der Waals surface area contributed by atoms with Gasteiger partial charge < -0.3 is 25.5 Å². The number of aromatic amines is 1. The molecule has 21 heavy (non-hydrogen) atoms. The zero-order chi connectivity index (χ0) is 15.2. The van der Waals surface area contributed by atoms with Crippen LogP contribution in [0.3, 0.4) is 0 Å². The fourth-order valence-corrected chi connectivity index (χ4v) is 2.11. The molecular formula is C14H17N3O4. The van der Waals surface area contributed by atoms with Gasteiger partial charge in [-0.15, -0.1) is 0 Å². The zero-order valence-electron chi connectivity index (χ0n) is 11.6. The Morgan fingerprint density at radius 1 is 1.38 bits per heavy atom. The Morgan fingerprint density at radius 2 is 2.19 bits per heavy atom. The van der Waals surface area contributed by atoms with Crippen molar-refractivity contribution < 1.29 is 19.4 Å². The molecule has 0 bridgehead atoms. The Balaban J connectivity index is 2.02. The lowest BCUT2D eigenvalue weighted by molar-refractivity contribution is -0.124. The van der Waals surface area contributed by atoms with Crippen molar-refractivity contribution in [1.29, 1.82) is 0 Å². The smallest absolute Gasteiger partial charge is 0.405 e. The van der Waals surface area contributed by atoms with Gasteiger partial charge >= 0.3 is 6.09 Å². The molecule has 0 unspecified atom stereocenters. The molecular weight excluding hydrogens is 274 g/mol. The molecule has 0 aliphatic rings. The van der Waals surface area contributed by atoms with Crippen LogP contribution in [-0.4, -0.2) is 41.8 Å². The predicted molar refractivity (Wildman–Crippen MR) is 77.0 cm³/mol. The topological polar surface area (TPSA) is 103 Å². The standard InChI is InChI=1S/C14H17N3O4/c1-21-8-12(17-14(19)20)13(18)16-7-9-3-2-4-11-10(9)5-6-15-11/h2-6,12,15,17H,7-8H2,1H3,(H,16,18)(H,19,20)/t12-/m0/s1. The monoisotopic (exact) mass is 291 g/mol. The van der Waals surface area contributed by atoms with Gasteiger partial charge in [-0.1, -0.05) is 12.1 Å². The molecule has 0 saturated carbocycles. The van der Waals surface area contributed by atoms with Gasteiger partial charge in [-0.3, -0.25) is 4.79 Å². The third-order valence-corrected chi connectivity index (χ3v) is 3.09. The highest BCUT2D eigenvalue weighted by molar-refractivity contribution is 5.86. The summed E-state index contributed by atoms with van der Waals surface area (Å²) in [6, 6.07) is 6.74. The molecule has 0 saturated heterocycles. The Labute approximate surface area is 121 Å². The molecule has 4 N–H and O–H groups in total. The maximum Gasteiger partial charge on any atom is 0.405 e. The largest absolute Gasteiger partial charge is 0.465 e. The lowest BCUT2D eigenvalue weighted by atomic mass is 10.1. The van der Waals surface area contributed by atoms with E-state index in [1.165, 1.54) is 7.11 Å². The van der Waals surface area contributed by atoms with Gasteiger partial charge in [0.1, 0.15) is 6.04 Å². The Morgan fingerprint density at radius 3 is 2.90 bits per heavy atom. The molecule has 0 fully saturated rings. The van der Waals surface area contributed by atoms with Gasteiger partial charge in [-0.05, 0) is 17.7 Å². The number of carbonyl (C=O) groups is 2. The zero-order valence-corrected chi connectivity index (χ0v) is 11.6. The first-order valence-electron chi connectivity index (χ1n) is 6.43. The molecule has 0 aliphatic heterocycles. The van der Waals surface area contributed by atoms with Crippen LogP contribution in [0.2, 0.25) is 0 Å². The van der Waals surface area contributed by atoms with Gasteiger partial charge in [0.15, 0.2) is 0 Å². The van der Waals surface area contributed by atoms with Crippen molar-refractivity contribution in [3.8, 4) is 0 Å². The van der Waals surface area contributed by atoms with Gasteiger partial charge in [0, 0.05) is 30.8 Å². The lowest BCUT2D eigenvalue weighted by Gasteiger charge is -2.16. The van der Waals surface area contributed by atoms with Gasteiger partial charge in [0.25, 0.3) is 0 Å². The van der Waals surface area contributed by atoms with Gasteiger partial charge in [-0.25, -0.2) is 4.79 Å². The van der Waals surface area contributed by atoms with E-state index in [4.69, 9.17) is 9.84 Å². The average Bonchev–Trinajstić information content (AvgIpc) is 2.92. The van der Waals surface area contributed by atoms with Crippen molar-refractivity contribution in [2.24, 2.45) is 0 Å². The van der Waals surface area contributed by atoms with E-state index in [2.05, 4.69) is 15.6 Å². The molecule has 1 aromatic carbocycles. The summed E-state index contributed by atoms with van der Waals surface area (Å²) >= 11 is 0. The molecule has 112 valence electrons. The van der Waals surface area contributed by atoms with Crippen molar-refractivity contribution in [2.75, 3.05) is 13.7 Å². The average molecular weight is 291 g/mol. The summed E-state index contributed by atoms with van der Waals surface area (Å²) in [5.74, 6) is -0.424. The van der Waals surface area contributed by atoms with Crippen molar-refractivity contribution in [3.63, 3.8) is 0 Å². The summed E-state index contributed by atoms with van der Waals surface area (Å²) in [4.78, 5) is 25.7. The highest BCUT2D eigenvalue weighted by Gasteiger charge is 2.20. The number of nitrogens with one attached hydrogen (secondary N) is 3. The Kier molecular flexibility index (Phi) is 4.78. The molecule has 0 aliphatic carbocycles. The predicted octanol–water partition coefficient (Wildman–Crippen LogP) is 1.07. The summed E-state index contributed by atoms with van der Waals surface area (Å²) in [5.41, 5.74) is 1.94. The molecule has 2 aromatic rings. The lowest BCUT2D eigenvalue weighted by Crippen LogP contribution is -2.48. The molecule has 2 amide bonds. The summed E-state index contributed by atoms with van der Waals surface area (Å²) < 4.78 is 4.84. The van der Waals surface area contributed by atoms with Crippen LogP contribution < -0.4 is 10.6 Å². The SMILES string of the molecule is COC[C@H](NC(=O)O)C(=O)NCc1cccc2[nH]ccc12. The van der Waals surface area contributed by atoms with Crippen LogP contribution in [0.25, 0.3) is 10.9 Å². The summed E-state index contributed by atoms with van der Waals surface area (Å²) in [7, 11) is 1.41. The van der Waals surface area contributed by atoms with Crippen LogP contribution in [0.5, 0.6) is 0 Å². The highest BCUT2D eigenvalue weighted by Crippen LogP contribution is 2.16. The molecule has 1 atom stereocenters. The molecule has 2 rings (SSSR count). The summed E-state index contributed by atoms with van der Waals surface area (Å²) in [6.45, 7) is 0.294. The van der Waals surface area contributed by atoms with Gasteiger partial charge in [-0.2, -0.15) is 0 Å². The number of aromatic nitrogens is 1. The van der Waals surface area contributed by atoms with E-state index in [1.54, 1.807) is 0 Å². The van der Waals surface area contributed by atoms with Crippen molar-refractivity contribution in [3.05, 3.63) is 36.0 Å². The number of carboxylic acid groups (broad SMARTS) is 1. The first kappa shape index (κ1) is 14.9. The highest BCUT2D eigenvalue weighted by atomic mass is 16.5. The van der Waals surface area contributed by atoms with E-state index >= 15 is 0 Å². The van der Waals surface area contributed by atoms with E-state index < -0.39 is 18.0 Å². The number of fused-ring (bicyclic) bond motifs is 1. The molecule has 0 spiro atoms. The normalized spacial score (nSPS) is 12.0. The quantitative estimate of drug-likeness (QED) is 0.639. The van der Waals surface area contributed by atoms with Crippen LogP contribution in [0.15, 0.2) is 30.5 Å². The number of methoxy groups -OCH3 is 1. The molecule has 7 nitrogen and oxygen atoms in total. The van der Waals surface area contributed by atoms with Crippen LogP contribution in [0.4, 0.5) is 4.79 Å². The van der Waals surface area contributed by atoms with E-state index in [0.29, 0.717) is 6.54 Å². The summed E-state index contributed by atoms with van der Waals surface area (Å²) in [5, 5.41) is 14.6. The molecule has 7 heteroatoms. The number of hydrogen-bond donors (Lipinski definition) is 4. The maximum atomic E-state index is 12.0. The fraction of sp³-hybridized carbons (Fsp3) is 0.286. The van der Waals surface area contributed by atoms with E-state index in [0.717, 1.165) is 16.5 Å². The Bertz CT molecular complexity index is 638. The maximum absolute atomic E-state index is 12.0. The van der Waals surface area contributed by atoms with Crippen LogP contribution >= 0.6 is 0 Å². The Hall–Kier alpha value is -2.54. The van der Waals surface area contributed by atoms with Crippen molar-refractivity contribution in [2.45, 2.75) is 12.6 Å². The summed E-state index contributed by atoms with van der Waals surface area (Å²) in [6.07, 6.45) is 0.565. The van der Waals surface area contributed by atoms with Gasteiger partial charge in [0.2, 0.25) is 5.91 Å². The van der Waals surface area contributed by atoms with Crippen molar-refractivity contribution in [1.82, 2.24) is 15.6 Å². The number of rotatable bonds is 6. The number of H-pyrrole nitrogens is 1. The van der Waals surface area contributed by atoms with E-state index in [1.807, 2.05) is 30.5 Å². The number of benzene rings is 1. The number of amides is 2. The first-order chi connectivity index (χ1) is 10.1. The van der Waals surface area contributed by atoms with Crippen LogP contribution in [0, 0.1) is 0 Å². The fourth-order valence-electron chi connectivity index (χ4n) is 2.11. The minimum Gasteiger partial charge on any atom is -0.465 e. The first-order valence-corrected chi connectivity index (χ1v) is 6.43. The third-order valence-electron chi connectivity index (χ3n) is 3.09. The minimum atomic E-state index is -1.26. The minimum absolute atomic E-state index is 0.0213. The molecule has 1 aromatic heterocycles. The molecule has 1 heterocycles. The number of carbonyl (C=O) groups excluding carboxylic acids is 1. The molecule has 0 radical (unpaired) electrons. The van der Waals surface area contributed by atoms with E-state index in [9.17, 15) is 9.59 Å². The second kappa shape index (κ2) is 6.76. The van der Waals surface area contributed by atoms with E-state index in [-0.39, 0.29) is 6.61 Å². The van der Waals surface area contributed by atoms with Crippen LogP contribution in [-0.2, 0) is 16.1 Å². The second-order valence-electron chi connectivity index (χ2n) is 4.53. The number of hydrogen-bond acceptors (Lipinski definition) is 3. The van der Waals surface area contributed by atoms with Crippen LogP contribution in [0.1, 0.15) is 5.56 Å². The van der Waals surface area contributed by atoms with Crippen molar-refractivity contribution >= 4 is 22.9 Å². The third kappa shape index (κ3) is 3.73. The second-order valence-corrected chi connectivity index (χ2v) is 4.53. The number of ether oxygens (including phenoxy) is 1.